The molecule has 4 heteroatoms. The van der Waals surface area contributed by atoms with Crippen molar-refractivity contribution in [3.8, 4) is 5.75 Å². The molecule has 4 aliphatic rings. The Morgan fingerprint density at radius 1 is 1.08 bits per heavy atom. The molecule has 0 amide bonds. The summed E-state index contributed by atoms with van der Waals surface area (Å²) in [5.74, 6) is 2.08. The minimum atomic E-state index is -0.188. The topological polar surface area (TPSA) is 32.8 Å². The summed E-state index contributed by atoms with van der Waals surface area (Å²) in [5.41, 5.74) is 1.87. The van der Waals surface area contributed by atoms with Gasteiger partial charge in [0, 0.05) is 43.7 Å². The van der Waals surface area contributed by atoms with Crippen molar-refractivity contribution in [1.82, 2.24) is 4.90 Å². The zero-order valence-corrected chi connectivity index (χ0v) is 14.2. The highest BCUT2D eigenvalue weighted by molar-refractivity contribution is 6.03. The van der Waals surface area contributed by atoms with Gasteiger partial charge in [-0.2, -0.15) is 0 Å². The average molecular weight is 334 g/mol. The lowest BCUT2D eigenvalue weighted by Gasteiger charge is -2.31. The summed E-state index contributed by atoms with van der Waals surface area (Å²) in [6.07, 6.45) is 9.60. The largest absolute Gasteiger partial charge is 0.484 e. The van der Waals surface area contributed by atoms with E-state index >= 15 is 0 Å². The molecule has 3 heterocycles. The number of Topliss-reactive ketones (excluding diaryl/α,β-unsaturated/α-hetero) is 1. The lowest BCUT2D eigenvalue weighted by Crippen LogP contribution is -2.36. The van der Waals surface area contributed by atoms with Gasteiger partial charge in [0.25, 0.3) is 0 Å². The monoisotopic (exact) mass is 334 g/mol. The van der Waals surface area contributed by atoms with E-state index < -0.39 is 0 Å². The number of ketones is 1. The number of hydrogen-bond acceptors (Lipinski definition) is 4. The Morgan fingerprint density at radius 3 is 2.60 bits per heavy atom. The summed E-state index contributed by atoms with van der Waals surface area (Å²) in [7, 11) is 0. The minimum Gasteiger partial charge on any atom is -0.484 e. The van der Waals surface area contributed by atoms with Gasteiger partial charge < -0.3 is 14.5 Å². The summed E-state index contributed by atoms with van der Waals surface area (Å²) in [6, 6.07) is 6.10. The summed E-state index contributed by atoms with van der Waals surface area (Å²) in [6.45, 7) is 8.19. The van der Waals surface area contributed by atoms with Crippen LogP contribution in [0.1, 0.15) is 10.4 Å². The molecule has 0 bridgehead atoms. The molecular weight excluding hydrogens is 312 g/mol. The number of likely N-dealkylation sites (tertiary alicyclic amines) is 1. The Labute approximate surface area is 148 Å². The Kier molecular flexibility index (Phi) is 3.27. The van der Waals surface area contributed by atoms with Crippen LogP contribution in [-0.2, 0) is 0 Å². The lowest BCUT2D eigenvalue weighted by molar-refractivity contribution is 0.0807. The van der Waals surface area contributed by atoms with E-state index in [-0.39, 0.29) is 17.8 Å². The normalized spacial score (nSPS) is 32.2. The number of nitrogens with zero attached hydrogens (tertiary/aromatic N) is 2. The van der Waals surface area contributed by atoms with Crippen LogP contribution in [-0.4, -0.2) is 43.0 Å². The molecule has 3 aliphatic heterocycles. The zero-order chi connectivity index (χ0) is 17.0. The molecule has 4 nitrogen and oxygen atoms in total. The molecule has 4 unspecified atom stereocenters. The van der Waals surface area contributed by atoms with Crippen LogP contribution in [0.2, 0.25) is 0 Å². The van der Waals surface area contributed by atoms with E-state index in [9.17, 15) is 4.79 Å². The van der Waals surface area contributed by atoms with E-state index in [1.54, 1.807) is 0 Å². The summed E-state index contributed by atoms with van der Waals surface area (Å²) >= 11 is 0. The highest BCUT2D eigenvalue weighted by Crippen LogP contribution is 2.39. The first-order valence-electron chi connectivity index (χ1n) is 9.04. The number of anilines is 1. The van der Waals surface area contributed by atoms with Gasteiger partial charge >= 0.3 is 0 Å². The fourth-order valence-electron chi connectivity index (χ4n) is 4.66. The smallest absolute Gasteiger partial charge is 0.177 e. The van der Waals surface area contributed by atoms with Crippen LogP contribution in [0.15, 0.2) is 55.3 Å². The Bertz CT molecular complexity index is 783. The molecule has 2 saturated heterocycles. The maximum Gasteiger partial charge on any atom is 0.177 e. The molecule has 1 aromatic rings. The van der Waals surface area contributed by atoms with E-state index in [2.05, 4.69) is 22.4 Å². The zero-order valence-electron chi connectivity index (χ0n) is 14.2. The van der Waals surface area contributed by atoms with E-state index in [0.717, 1.165) is 37.4 Å². The number of rotatable bonds is 2. The quantitative estimate of drug-likeness (QED) is 0.833. The van der Waals surface area contributed by atoms with Crippen molar-refractivity contribution >= 4 is 11.5 Å². The highest BCUT2D eigenvalue weighted by atomic mass is 16.5. The molecule has 0 saturated carbocycles. The van der Waals surface area contributed by atoms with Crippen LogP contribution >= 0.6 is 0 Å². The van der Waals surface area contributed by atoms with Gasteiger partial charge in [-0.05, 0) is 30.5 Å². The lowest BCUT2D eigenvalue weighted by atomic mass is 9.86. The predicted octanol–water partition coefficient (Wildman–Crippen LogP) is 2.88. The van der Waals surface area contributed by atoms with Gasteiger partial charge in [0.15, 0.2) is 5.78 Å². The predicted molar refractivity (Wildman–Crippen MR) is 97.9 cm³/mol. The third-order valence-corrected chi connectivity index (χ3v) is 6.02. The van der Waals surface area contributed by atoms with Gasteiger partial charge in [0.2, 0.25) is 0 Å². The molecule has 0 aromatic heterocycles. The fourth-order valence-corrected chi connectivity index (χ4v) is 4.66. The first-order chi connectivity index (χ1) is 12.2. The molecule has 0 spiro atoms. The van der Waals surface area contributed by atoms with Crippen LogP contribution in [0.3, 0.4) is 0 Å². The molecule has 128 valence electrons. The molecule has 0 N–H and O–H groups in total. The minimum absolute atomic E-state index is 0.160. The fraction of sp³-hybridized carbons (Fsp3) is 0.381. The van der Waals surface area contributed by atoms with Crippen LogP contribution < -0.4 is 9.64 Å². The van der Waals surface area contributed by atoms with Crippen LogP contribution in [0.25, 0.3) is 0 Å². The third-order valence-electron chi connectivity index (χ3n) is 6.02. The third kappa shape index (κ3) is 2.31. The standard InChI is InChI=1S/C21H22N2O2/c1-2-22-10-14-12-23(13-15(14)11-22)16-7-8-20-18(9-16)21(24)17-5-3-4-6-19(17)25-20/h2-9,14-15,17,19H,1,10-13H2. The van der Waals surface area contributed by atoms with Crippen molar-refractivity contribution in [1.29, 1.82) is 0 Å². The molecule has 1 aliphatic carbocycles. The maximum atomic E-state index is 12.9. The SMILES string of the molecule is C=CN1CC2CN(c3ccc4c(c3)C(=O)C3C=CC=CC3O4)CC2C1. The first-order valence-corrected chi connectivity index (χ1v) is 9.04. The summed E-state index contributed by atoms with van der Waals surface area (Å²) in [5, 5.41) is 0. The van der Waals surface area contributed by atoms with Crippen molar-refractivity contribution in [3.63, 3.8) is 0 Å². The van der Waals surface area contributed by atoms with Gasteiger partial charge in [-0.15, -0.1) is 0 Å². The van der Waals surface area contributed by atoms with Crippen molar-refractivity contribution < 1.29 is 9.53 Å². The Morgan fingerprint density at radius 2 is 1.84 bits per heavy atom. The molecule has 0 radical (unpaired) electrons. The Balaban J connectivity index is 1.40. The first kappa shape index (κ1) is 14.8. The van der Waals surface area contributed by atoms with Crippen LogP contribution in [0, 0.1) is 17.8 Å². The number of allylic oxidation sites excluding steroid dienone is 2. The number of hydrogen-bond donors (Lipinski definition) is 0. The Hall–Kier alpha value is -2.49. The second-order valence-electron chi connectivity index (χ2n) is 7.48. The molecule has 1 aromatic carbocycles. The van der Waals surface area contributed by atoms with Crippen LogP contribution in [0.5, 0.6) is 5.75 Å². The van der Waals surface area contributed by atoms with E-state index in [0.29, 0.717) is 17.6 Å². The van der Waals surface area contributed by atoms with Gasteiger partial charge in [-0.25, -0.2) is 0 Å². The number of carbonyl (C=O) groups is 1. The molecule has 25 heavy (non-hydrogen) atoms. The number of ether oxygens (including phenoxy) is 1. The van der Waals surface area contributed by atoms with E-state index in [1.165, 1.54) is 0 Å². The van der Waals surface area contributed by atoms with Crippen molar-refractivity contribution in [3.05, 3.63) is 60.8 Å². The van der Waals surface area contributed by atoms with Gasteiger partial charge in [0.1, 0.15) is 11.9 Å². The second kappa shape index (κ2) is 5.51. The highest BCUT2D eigenvalue weighted by Gasteiger charge is 2.40. The molecular formula is C21H22N2O2. The second-order valence-corrected chi connectivity index (χ2v) is 7.48. The number of benzene rings is 1. The maximum absolute atomic E-state index is 12.9. The molecule has 5 rings (SSSR count). The van der Waals surface area contributed by atoms with Crippen molar-refractivity contribution in [2.24, 2.45) is 17.8 Å². The molecule has 4 atom stereocenters. The van der Waals surface area contributed by atoms with Gasteiger partial charge in [-0.1, -0.05) is 24.8 Å². The number of carbonyl (C=O) groups excluding carboxylic acids is 1. The summed E-state index contributed by atoms with van der Waals surface area (Å²) in [4.78, 5) is 17.6. The summed E-state index contributed by atoms with van der Waals surface area (Å²) < 4.78 is 6.03. The van der Waals surface area contributed by atoms with Crippen LogP contribution in [0.4, 0.5) is 5.69 Å². The number of fused-ring (bicyclic) bond motifs is 3. The average Bonchev–Trinajstić information content (AvgIpc) is 3.20. The van der Waals surface area contributed by atoms with Crippen molar-refractivity contribution in [2.75, 3.05) is 31.1 Å². The molecule has 2 fully saturated rings. The van der Waals surface area contributed by atoms with Gasteiger partial charge in [-0.3, -0.25) is 4.79 Å². The van der Waals surface area contributed by atoms with Crippen molar-refractivity contribution in [2.45, 2.75) is 6.10 Å². The van der Waals surface area contributed by atoms with E-state index in [1.807, 2.05) is 42.6 Å². The van der Waals surface area contributed by atoms with E-state index in [4.69, 9.17) is 4.74 Å². The van der Waals surface area contributed by atoms with Gasteiger partial charge in [0.05, 0.1) is 11.5 Å².